The molecule has 1 amide bonds. The number of amides is 1. The number of hydrogen-bond acceptors (Lipinski definition) is 5. The van der Waals surface area contributed by atoms with E-state index in [1.165, 1.54) is 0 Å². The normalized spacial score (nSPS) is 12.0. The van der Waals surface area contributed by atoms with Crippen LogP contribution in [0.3, 0.4) is 0 Å². The molecule has 0 unspecified atom stereocenters. The molecule has 0 bridgehead atoms. The SMILES string of the molecule is CN(C)c1ccc(C(=N)c2ccc(C[C@H](NC(=O)OC(C)(C)C)C(=O)O)cc2)cc1. The van der Waals surface area contributed by atoms with Crippen molar-refractivity contribution in [2.45, 2.75) is 38.8 Å². The van der Waals surface area contributed by atoms with Crippen molar-refractivity contribution in [3.05, 3.63) is 65.2 Å². The zero-order chi connectivity index (χ0) is 22.5. The van der Waals surface area contributed by atoms with Crippen molar-refractivity contribution in [1.29, 1.82) is 5.41 Å². The predicted molar refractivity (Wildman–Crippen MR) is 118 cm³/mol. The van der Waals surface area contributed by atoms with E-state index in [4.69, 9.17) is 10.1 Å². The number of nitrogens with zero attached hydrogens (tertiary/aromatic N) is 1. The molecule has 7 nitrogen and oxygen atoms in total. The van der Waals surface area contributed by atoms with E-state index < -0.39 is 23.7 Å². The minimum atomic E-state index is -1.14. The van der Waals surface area contributed by atoms with Crippen LogP contribution in [0.4, 0.5) is 10.5 Å². The maximum Gasteiger partial charge on any atom is 0.408 e. The van der Waals surface area contributed by atoms with Crippen LogP contribution in [0.15, 0.2) is 48.5 Å². The number of carbonyl (C=O) groups is 2. The van der Waals surface area contributed by atoms with Gasteiger partial charge in [0.25, 0.3) is 0 Å². The lowest BCUT2D eigenvalue weighted by Gasteiger charge is -2.22. The van der Waals surface area contributed by atoms with Crippen LogP contribution in [-0.2, 0) is 16.0 Å². The summed E-state index contributed by atoms with van der Waals surface area (Å²) in [5, 5.41) is 20.2. The van der Waals surface area contributed by atoms with Gasteiger partial charge in [0, 0.05) is 37.3 Å². The number of ether oxygens (including phenoxy) is 1. The summed E-state index contributed by atoms with van der Waals surface area (Å²) in [6, 6.07) is 13.7. The van der Waals surface area contributed by atoms with E-state index in [0.29, 0.717) is 5.71 Å². The smallest absolute Gasteiger partial charge is 0.408 e. The fraction of sp³-hybridized carbons (Fsp3) is 0.348. The monoisotopic (exact) mass is 411 g/mol. The molecule has 2 aromatic carbocycles. The molecule has 2 aromatic rings. The number of nitrogens with one attached hydrogen (secondary N) is 2. The van der Waals surface area contributed by atoms with Gasteiger partial charge in [0.1, 0.15) is 11.6 Å². The summed E-state index contributed by atoms with van der Waals surface area (Å²) in [6.45, 7) is 5.14. The highest BCUT2D eigenvalue weighted by atomic mass is 16.6. The number of rotatable bonds is 7. The van der Waals surface area contributed by atoms with Crippen molar-refractivity contribution in [3.63, 3.8) is 0 Å². The fourth-order valence-electron chi connectivity index (χ4n) is 2.79. The maximum atomic E-state index is 11.9. The topological polar surface area (TPSA) is 103 Å². The zero-order valence-electron chi connectivity index (χ0n) is 18.0. The third-order valence-electron chi connectivity index (χ3n) is 4.34. The Labute approximate surface area is 177 Å². The molecule has 0 saturated heterocycles. The molecule has 0 radical (unpaired) electrons. The average Bonchev–Trinajstić information content (AvgIpc) is 2.66. The van der Waals surface area contributed by atoms with E-state index >= 15 is 0 Å². The summed E-state index contributed by atoms with van der Waals surface area (Å²) in [5.74, 6) is -1.14. The number of carboxylic acids is 1. The van der Waals surface area contributed by atoms with Gasteiger partial charge in [0.05, 0.1) is 5.71 Å². The molecule has 2 rings (SSSR count). The van der Waals surface area contributed by atoms with Gasteiger partial charge in [0.15, 0.2) is 0 Å². The fourth-order valence-corrected chi connectivity index (χ4v) is 2.79. The minimum absolute atomic E-state index is 0.111. The molecule has 0 fully saturated rings. The highest BCUT2D eigenvalue weighted by Gasteiger charge is 2.24. The first kappa shape index (κ1) is 22.9. The van der Waals surface area contributed by atoms with Crippen LogP contribution in [-0.4, -0.2) is 48.6 Å². The van der Waals surface area contributed by atoms with Gasteiger partial charge in [-0.2, -0.15) is 0 Å². The summed E-state index contributed by atoms with van der Waals surface area (Å²) in [5.41, 5.74) is 2.98. The van der Waals surface area contributed by atoms with Crippen LogP contribution in [0, 0.1) is 5.41 Å². The third kappa shape index (κ3) is 6.62. The Balaban J connectivity index is 2.07. The largest absolute Gasteiger partial charge is 0.480 e. The molecule has 0 saturated carbocycles. The van der Waals surface area contributed by atoms with Gasteiger partial charge in [-0.25, -0.2) is 9.59 Å². The Morgan fingerprint density at radius 2 is 1.53 bits per heavy atom. The van der Waals surface area contributed by atoms with E-state index in [-0.39, 0.29) is 6.42 Å². The second-order valence-electron chi connectivity index (χ2n) is 8.25. The molecule has 0 aromatic heterocycles. The van der Waals surface area contributed by atoms with Crippen LogP contribution in [0.1, 0.15) is 37.5 Å². The average molecular weight is 412 g/mol. The molecule has 30 heavy (non-hydrogen) atoms. The first-order chi connectivity index (χ1) is 14.0. The van der Waals surface area contributed by atoms with Crippen LogP contribution >= 0.6 is 0 Å². The van der Waals surface area contributed by atoms with Crippen molar-refractivity contribution < 1.29 is 19.4 Å². The third-order valence-corrected chi connectivity index (χ3v) is 4.34. The molecule has 160 valence electrons. The molecule has 0 aliphatic heterocycles. The van der Waals surface area contributed by atoms with Crippen molar-refractivity contribution >= 4 is 23.5 Å². The Morgan fingerprint density at radius 3 is 1.97 bits per heavy atom. The van der Waals surface area contributed by atoms with Crippen LogP contribution in [0.2, 0.25) is 0 Å². The molecule has 3 N–H and O–H groups in total. The van der Waals surface area contributed by atoms with Crippen molar-refractivity contribution in [1.82, 2.24) is 5.32 Å². The summed E-state index contributed by atoms with van der Waals surface area (Å²) in [4.78, 5) is 25.4. The highest BCUT2D eigenvalue weighted by molar-refractivity contribution is 6.11. The van der Waals surface area contributed by atoms with Gasteiger partial charge >= 0.3 is 12.1 Å². The molecule has 0 heterocycles. The number of carboxylic acid groups (broad SMARTS) is 1. The Hall–Kier alpha value is -3.35. The Bertz CT molecular complexity index is 898. The van der Waals surface area contributed by atoms with Crippen molar-refractivity contribution in [2.24, 2.45) is 0 Å². The number of aliphatic carboxylic acids is 1. The number of carbonyl (C=O) groups excluding carboxylic acids is 1. The predicted octanol–water partition coefficient (Wildman–Crippen LogP) is 3.69. The lowest BCUT2D eigenvalue weighted by molar-refractivity contribution is -0.139. The molecule has 0 aliphatic carbocycles. The van der Waals surface area contributed by atoms with Crippen LogP contribution < -0.4 is 10.2 Å². The van der Waals surface area contributed by atoms with Crippen molar-refractivity contribution in [3.8, 4) is 0 Å². The first-order valence-electron chi connectivity index (χ1n) is 9.64. The van der Waals surface area contributed by atoms with Crippen LogP contribution in [0.5, 0.6) is 0 Å². The Morgan fingerprint density at radius 1 is 1.03 bits per heavy atom. The van der Waals surface area contributed by atoms with Gasteiger partial charge < -0.3 is 20.1 Å². The summed E-state index contributed by atoms with van der Waals surface area (Å²) >= 11 is 0. The molecular formula is C23H29N3O4. The number of hydrogen-bond donors (Lipinski definition) is 3. The summed E-state index contributed by atoms with van der Waals surface area (Å²) in [7, 11) is 3.92. The quantitative estimate of drug-likeness (QED) is 0.603. The number of anilines is 1. The molecule has 7 heteroatoms. The second kappa shape index (κ2) is 9.43. The first-order valence-corrected chi connectivity index (χ1v) is 9.64. The van der Waals surface area contributed by atoms with Gasteiger partial charge in [-0.1, -0.05) is 36.4 Å². The number of benzene rings is 2. The highest BCUT2D eigenvalue weighted by Crippen LogP contribution is 2.17. The summed E-state index contributed by atoms with van der Waals surface area (Å²) < 4.78 is 5.13. The van der Waals surface area contributed by atoms with E-state index in [0.717, 1.165) is 22.4 Å². The van der Waals surface area contributed by atoms with Crippen molar-refractivity contribution in [2.75, 3.05) is 19.0 Å². The second-order valence-corrected chi connectivity index (χ2v) is 8.25. The number of alkyl carbamates (subject to hydrolysis) is 1. The standard InChI is InChI=1S/C23H29N3O4/c1-23(2,3)30-22(29)25-19(21(27)28)14-15-6-8-16(9-7-15)20(24)17-10-12-18(13-11-17)26(4)5/h6-13,19,24H,14H2,1-5H3,(H,25,29)(H,27,28)/t19-/m0/s1. The van der Waals surface area contributed by atoms with E-state index in [1.807, 2.05) is 43.3 Å². The molecule has 0 spiro atoms. The van der Waals surface area contributed by atoms with E-state index in [1.54, 1.807) is 45.0 Å². The Kier molecular flexibility index (Phi) is 7.21. The van der Waals surface area contributed by atoms with Crippen LogP contribution in [0.25, 0.3) is 0 Å². The lowest BCUT2D eigenvalue weighted by atomic mass is 9.99. The molecule has 0 aliphatic rings. The van der Waals surface area contributed by atoms with Gasteiger partial charge in [0.2, 0.25) is 0 Å². The lowest BCUT2D eigenvalue weighted by Crippen LogP contribution is -2.44. The van der Waals surface area contributed by atoms with E-state index in [9.17, 15) is 14.7 Å². The minimum Gasteiger partial charge on any atom is -0.480 e. The van der Waals surface area contributed by atoms with Gasteiger partial charge in [-0.15, -0.1) is 0 Å². The molecular weight excluding hydrogens is 382 g/mol. The van der Waals surface area contributed by atoms with Gasteiger partial charge in [-0.05, 0) is 38.5 Å². The summed E-state index contributed by atoms with van der Waals surface area (Å²) in [6.07, 6.45) is -0.658. The molecule has 1 atom stereocenters. The zero-order valence-corrected chi connectivity index (χ0v) is 18.0. The van der Waals surface area contributed by atoms with E-state index in [2.05, 4.69) is 5.32 Å². The van der Waals surface area contributed by atoms with Gasteiger partial charge in [-0.3, -0.25) is 5.41 Å². The maximum absolute atomic E-state index is 11.9.